The lowest BCUT2D eigenvalue weighted by molar-refractivity contribution is 0.0730. The SMILES string of the molecule is COc1ccc(S(=O)(=O)N2CCOCC2)cc1C(=O)NCc1ccc(-n2ccnc2C)cc1. The molecule has 0 bridgehead atoms. The third kappa shape index (κ3) is 4.92. The zero-order valence-corrected chi connectivity index (χ0v) is 19.3. The maximum absolute atomic E-state index is 13.0. The molecular formula is C23H26N4O5S. The van der Waals surface area contributed by atoms with E-state index < -0.39 is 15.9 Å². The van der Waals surface area contributed by atoms with Crippen LogP contribution in [0, 0.1) is 6.92 Å². The average molecular weight is 471 g/mol. The minimum absolute atomic E-state index is 0.0513. The van der Waals surface area contributed by atoms with Crippen molar-refractivity contribution >= 4 is 15.9 Å². The van der Waals surface area contributed by atoms with Crippen LogP contribution in [0.5, 0.6) is 5.75 Å². The van der Waals surface area contributed by atoms with Gasteiger partial charge in [-0.05, 0) is 42.8 Å². The number of nitrogens with zero attached hydrogens (tertiary/aromatic N) is 3. The van der Waals surface area contributed by atoms with Crippen LogP contribution in [-0.4, -0.2) is 61.6 Å². The van der Waals surface area contributed by atoms with Gasteiger partial charge >= 0.3 is 0 Å². The third-order valence-electron chi connectivity index (χ3n) is 5.52. The molecule has 1 aliphatic heterocycles. The second-order valence-corrected chi connectivity index (χ2v) is 9.51. The summed E-state index contributed by atoms with van der Waals surface area (Å²) in [7, 11) is -2.29. The Bertz CT molecular complexity index is 1230. The van der Waals surface area contributed by atoms with Crippen LogP contribution in [0.15, 0.2) is 59.8 Å². The lowest BCUT2D eigenvalue weighted by atomic mass is 10.1. The highest BCUT2D eigenvalue weighted by molar-refractivity contribution is 7.89. The van der Waals surface area contributed by atoms with Gasteiger partial charge < -0.3 is 19.4 Å². The Kier molecular flexibility index (Phi) is 6.77. The monoisotopic (exact) mass is 470 g/mol. The number of aryl methyl sites for hydroxylation is 1. The number of carbonyl (C=O) groups excluding carboxylic acids is 1. The Morgan fingerprint density at radius 1 is 1.15 bits per heavy atom. The van der Waals surface area contributed by atoms with Gasteiger partial charge in [0, 0.05) is 37.7 Å². The number of sulfonamides is 1. The number of ether oxygens (including phenoxy) is 2. The van der Waals surface area contributed by atoms with Gasteiger partial charge in [-0.25, -0.2) is 13.4 Å². The minimum Gasteiger partial charge on any atom is -0.496 e. The molecule has 0 aliphatic carbocycles. The van der Waals surface area contributed by atoms with Crippen LogP contribution >= 0.6 is 0 Å². The molecule has 2 heterocycles. The van der Waals surface area contributed by atoms with Gasteiger partial charge in [-0.2, -0.15) is 4.31 Å². The van der Waals surface area contributed by atoms with Gasteiger partial charge in [-0.3, -0.25) is 4.79 Å². The number of benzene rings is 2. The van der Waals surface area contributed by atoms with Crippen molar-refractivity contribution in [2.24, 2.45) is 0 Å². The highest BCUT2D eigenvalue weighted by atomic mass is 32.2. The summed E-state index contributed by atoms with van der Waals surface area (Å²) in [5.41, 5.74) is 2.04. The fourth-order valence-corrected chi connectivity index (χ4v) is 5.10. The Labute approximate surface area is 193 Å². The lowest BCUT2D eigenvalue weighted by Gasteiger charge is -2.26. The summed E-state index contributed by atoms with van der Waals surface area (Å²) in [6.45, 7) is 3.47. The number of hydrogen-bond donors (Lipinski definition) is 1. The van der Waals surface area contributed by atoms with E-state index in [2.05, 4.69) is 10.3 Å². The van der Waals surface area contributed by atoms with E-state index in [0.717, 1.165) is 17.1 Å². The number of aromatic nitrogens is 2. The summed E-state index contributed by atoms with van der Waals surface area (Å²) in [6, 6.07) is 12.1. The van der Waals surface area contributed by atoms with Gasteiger partial charge in [0.05, 0.1) is 30.8 Å². The Morgan fingerprint density at radius 3 is 2.52 bits per heavy atom. The first-order chi connectivity index (χ1) is 15.9. The summed E-state index contributed by atoms with van der Waals surface area (Å²) in [5.74, 6) is 0.773. The second kappa shape index (κ2) is 9.74. The van der Waals surface area contributed by atoms with E-state index in [1.54, 1.807) is 6.20 Å². The van der Waals surface area contributed by atoms with Gasteiger partial charge in [0.25, 0.3) is 5.91 Å². The number of imidazole rings is 1. The quantitative estimate of drug-likeness (QED) is 0.568. The normalized spacial score (nSPS) is 14.7. The zero-order valence-electron chi connectivity index (χ0n) is 18.5. The van der Waals surface area contributed by atoms with Crippen LogP contribution in [0.25, 0.3) is 5.69 Å². The molecule has 33 heavy (non-hydrogen) atoms. The first kappa shape index (κ1) is 23.0. The molecule has 174 valence electrons. The van der Waals surface area contributed by atoms with E-state index in [9.17, 15) is 13.2 Å². The van der Waals surface area contributed by atoms with Crippen LogP contribution in [0.1, 0.15) is 21.7 Å². The predicted molar refractivity (Wildman–Crippen MR) is 122 cm³/mol. The molecule has 1 saturated heterocycles. The van der Waals surface area contributed by atoms with E-state index >= 15 is 0 Å². The summed E-state index contributed by atoms with van der Waals surface area (Å²) >= 11 is 0. The lowest BCUT2D eigenvalue weighted by Crippen LogP contribution is -2.40. The smallest absolute Gasteiger partial charge is 0.255 e. The van der Waals surface area contributed by atoms with Crippen molar-refractivity contribution < 1.29 is 22.7 Å². The van der Waals surface area contributed by atoms with Gasteiger partial charge in [-0.15, -0.1) is 0 Å². The molecular weight excluding hydrogens is 444 g/mol. The van der Waals surface area contributed by atoms with Crippen LogP contribution < -0.4 is 10.1 Å². The molecule has 1 fully saturated rings. The number of nitrogens with one attached hydrogen (secondary N) is 1. The van der Waals surface area contributed by atoms with Crippen molar-refractivity contribution in [2.75, 3.05) is 33.4 Å². The molecule has 1 amide bonds. The molecule has 0 spiro atoms. The minimum atomic E-state index is -3.73. The van der Waals surface area contributed by atoms with Gasteiger partial charge in [0.2, 0.25) is 10.0 Å². The van der Waals surface area contributed by atoms with Crippen molar-refractivity contribution in [3.05, 3.63) is 71.8 Å². The van der Waals surface area contributed by atoms with E-state index in [4.69, 9.17) is 9.47 Å². The van der Waals surface area contributed by atoms with Crippen molar-refractivity contribution in [3.8, 4) is 11.4 Å². The Morgan fingerprint density at radius 2 is 1.88 bits per heavy atom. The summed E-state index contributed by atoms with van der Waals surface area (Å²) in [4.78, 5) is 17.2. The molecule has 0 saturated carbocycles. The largest absolute Gasteiger partial charge is 0.496 e. The summed E-state index contributed by atoms with van der Waals surface area (Å²) in [5, 5.41) is 2.85. The Balaban J connectivity index is 1.49. The van der Waals surface area contributed by atoms with E-state index in [1.165, 1.54) is 29.6 Å². The standard InChI is InChI=1S/C23H26N4O5S/c1-17-24-9-10-27(17)19-5-3-18(4-6-19)16-25-23(28)21-15-20(7-8-22(21)31-2)33(29,30)26-11-13-32-14-12-26/h3-10,15H,11-14,16H2,1-2H3,(H,25,28). The molecule has 0 atom stereocenters. The Hall–Kier alpha value is -3.21. The second-order valence-electron chi connectivity index (χ2n) is 7.57. The molecule has 9 nitrogen and oxygen atoms in total. The number of carbonyl (C=O) groups is 1. The molecule has 1 aliphatic rings. The number of amides is 1. The third-order valence-corrected chi connectivity index (χ3v) is 7.41. The fourth-order valence-electron chi connectivity index (χ4n) is 3.66. The number of methoxy groups -OCH3 is 1. The summed E-state index contributed by atoms with van der Waals surface area (Å²) in [6.07, 6.45) is 3.63. The molecule has 4 rings (SSSR count). The van der Waals surface area contributed by atoms with E-state index in [-0.39, 0.29) is 30.1 Å². The topological polar surface area (TPSA) is 103 Å². The molecule has 3 aromatic rings. The summed E-state index contributed by atoms with van der Waals surface area (Å²) < 4.78 is 39.8. The van der Waals surface area contributed by atoms with Crippen LogP contribution in [0.4, 0.5) is 0 Å². The maximum atomic E-state index is 13.0. The van der Waals surface area contributed by atoms with Crippen molar-refractivity contribution in [1.82, 2.24) is 19.2 Å². The average Bonchev–Trinajstić information content (AvgIpc) is 3.28. The number of rotatable bonds is 7. The van der Waals surface area contributed by atoms with Crippen LogP contribution in [0.3, 0.4) is 0 Å². The number of hydrogen-bond acceptors (Lipinski definition) is 6. The molecule has 0 unspecified atom stereocenters. The van der Waals surface area contributed by atoms with Gasteiger partial charge in [0.1, 0.15) is 11.6 Å². The highest BCUT2D eigenvalue weighted by Crippen LogP contribution is 2.25. The molecule has 10 heteroatoms. The van der Waals surface area contributed by atoms with Gasteiger partial charge in [-0.1, -0.05) is 12.1 Å². The first-order valence-electron chi connectivity index (χ1n) is 10.5. The first-order valence-corrected chi connectivity index (χ1v) is 12.0. The molecule has 1 aromatic heterocycles. The fraction of sp³-hybridized carbons (Fsp3) is 0.304. The molecule has 2 aromatic carbocycles. The van der Waals surface area contributed by atoms with Crippen molar-refractivity contribution in [1.29, 1.82) is 0 Å². The molecule has 0 radical (unpaired) electrons. The number of morpholine rings is 1. The maximum Gasteiger partial charge on any atom is 0.255 e. The van der Waals surface area contributed by atoms with Crippen LogP contribution in [0.2, 0.25) is 0 Å². The van der Waals surface area contributed by atoms with Crippen molar-refractivity contribution in [2.45, 2.75) is 18.4 Å². The molecule has 1 N–H and O–H groups in total. The predicted octanol–water partition coefficient (Wildman–Crippen LogP) is 2.14. The highest BCUT2D eigenvalue weighted by Gasteiger charge is 2.28. The van der Waals surface area contributed by atoms with E-state index in [1.807, 2.05) is 42.0 Å². The zero-order chi connectivity index (χ0) is 23.4. The van der Waals surface area contributed by atoms with E-state index in [0.29, 0.717) is 19.0 Å². The van der Waals surface area contributed by atoms with Crippen molar-refractivity contribution in [3.63, 3.8) is 0 Å². The van der Waals surface area contributed by atoms with Gasteiger partial charge in [0.15, 0.2) is 0 Å². The van der Waals surface area contributed by atoms with Crippen LogP contribution in [-0.2, 0) is 21.3 Å².